The van der Waals surface area contributed by atoms with Crippen molar-refractivity contribution in [1.82, 2.24) is 14.7 Å². The second kappa shape index (κ2) is 6.60. The van der Waals surface area contributed by atoms with Gasteiger partial charge in [0.25, 0.3) is 5.91 Å². The van der Waals surface area contributed by atoms with Crippen LogP contribution in [-0.4, -0.2) is 44.9 Å². The molecule has 1 aliphatic heterocycles. The largest absolute Gasteiger partial charge is 0.396 e. The number of hydrogen-bond donors (Lipinski definition) is 1. The number of nitrogens with zero attached hydrogens (tertiary/aromatic N) is 3. The van der Waals surface area contributed by atoms with E-state index < -0.39 is 0 Å². The second-order valence-electron chi connectivity index (χ2n) is 6.31. The number of rotatable bonds is 4. The van der Waals surface area contributed by atoms with Gasteiger partial charge in [0.2, 0.25) is 0 Å². The molecule has 1 saturated heterocycles. The lowest BCUT2D eigenvalue weighted by atomic mass is 9.93. The topological polar surface area (TPSA) is 58.4 Å². The fourth-order valence-corrected chi connectivity index (χ4v) is 3.36. The molecular weight excluding hydrogens is 266 g/mol. The predicted molar refractivity (Wildman–Crippen MR) is 80.1 cm³/mol. The molecule has 2 heterocycles. The standard InChI is InChI=1S/C16H25N3O2/c20-10-8-14-5-2-1-3-9-18(14)16(21)13-11-17-19(12-13)15-6-4-7-15/h11-12,14-15,20H,1-10H2. The first kappa shape index (κ1) is 14.6. The van der Waals surface area contributed by atoms with Gasteiger partial charge in [-0.3, -0.25) is 9.48 Å². The predicted octanol–water partition coefficient (Wildman–Crippen LogP) is 2.38. The molecule has 0 spiro atoms. The van der Waals surface area contributed by atoms with Crippen LogP contribution in [0.1, 0.15) is 67.8 Å². The number of likely N-dealkylation sites (tertiary alicyclic amines) is 1. The number of aliphatic hydroxyl groups is 1. The minimum atomic E-state index is 0.0842. The Bertz CT molecular complexity index is 482. The number of carbonyl (C=O) groups is 1. The SMILES string of the molecule is O=C(c1cnn(C2CCC2)c1)N1CCCCCC1CCO. The molecule has 5 nitrogen and oxygen atoms in total. The van der Waals surface area contributed by atoms with Gasteiger partial charge in [-0.05, 0) is 38.5 Å². The van der Waals surface area contributed by atoms with Crippen LogP contribution in [0.2, 0.25) is 0 Å². The molecule has 1 N–H and O–H groups in total. The van der Waals surface area contributed by atoms with Crippen LogP contribution in [0.5, 0.6) is 0 Å². The Kier molecular flexibility index (Phi) is 4.58. The minimum absolute atomic E-state index is 0.0842. The van der Waals surface area contributed by atoms with E-state index in [4.69, 9.17) is 0 Å². The monoisotopic (exact) mass is 291 g/mol. The number of aliphatic hydroxyl groups excluding tert-OH is 1. The van der Waals surface area contributed by atoms with Gasteiger partial charge in [-0.25, -0.2) is 0 Å². The van der Waals surface area contributed by atoms with Crippen molar-refractivity contribution in [3.8, 4) is 0 Å². The summed E-state index contributed by atoms with van der Waals surface area (Å²) in [5.41, 5.74) is 0.701. The Labute approximate surface area is 125 Å². The molecule has 1 aromatic heterocycles. The summed E-state index contributed by atoms with van der Waals surface area (Å²) in [5.74, 6) is 0.0842. The third-order valence-corrected chi connectivity index (χ3v) is 4.90. The zero-order valence-corrected chi connectivity index (χ0v) is 12.6. The Morgan fingerprint density at radius 3 is 2.81 bits per heavy atom. The normalized spacial score (nSPS) is 23.7. The molecular formula is C16H25N3O2. The van der Waals surface area contributed by atoms with Crippen molar-refractivity contribution < 1.29 is 9.90 Å². The van der Waals surface area contributed by atoms with Crippen LogP contribution in [0, 0.1) is 0 Å². The first-order valence-corrected chi connectivity index (χ1v) is 8.25. The molecule has 116 valence electrons. The van der Waals surface area contributed by atoms with E-state index in [1.165, 1.54) is 25.7 Å². The van der Waals surface area contributed by atoms with Crippen molar-refractivity contribution in [2.45, 2.75) is 63.5 Å². The van der Waals surface area contributed by atoms with Gasteiger partial charge >= 0.3 is 0 Å². The Morgan fingerprint density at radius 1 is 1.24 bits per heavy atom. The summed E-state index contributed by atoms with van der Waals surface area (Å²) < 4.78 is 1.95. The first-order chi connectivity index (χ1) is 10.3. The molecule has 21 heavy (non-hydrogen) atoms. The third kappa shape index (κ3) is 3.12. The van der Waals surface area contributed by atoms with Gasteiger partial charge < -0.3 is 10.0 Å². The zero-order valence-electron chi connectivity index (χ0n) is 12.6. The maximum absolute atomic E-state index is 12.8. The molecule has 2 fully saturated rings. The van der Waals surface area contributed by atoms with Gasteiger partial charge in [-0.15, -0.1) is 0 Å². The summed E-state index contributed by atoms with van der Waals surface area (Å²) in [4.78, 5) is 14.7. The molecule has 1 saturated carbocycles. The van der Waals surface area contributed by atoms with E-state index in [1.54, 1.807) is 6.20 Å². The fraction of sp³-hybridized carbons (Fsp3) is 0.750. The Balaban J connectivity index is 1.73. The van der Waals surface area contributed by atoms with Gasteiger partial charge in [0, 0.05) is 25.4 Å². The van der Waals surface area contributed by atoms with Crippen LogP contribution in [-0.2, 0) is 0 Å². The van der Waals surface area contributed by atoms with E-state index in [9.17, 15) is 9.90 Å². The minimum Gasteiger partial charge on any atom is -0.396 e. The van der Waals surface area contributed by atoms with Crippen LogP contribution in [0.3, 0.4) is 0 Å². The lowest BCUT2D eigenvalue weighted by molar-refractivity contribution is 0.0653. The third-order valence-electron chi connectivity index (χ3n) is 4.90. The average molecular weight is 291 g/mol. The van der Waals surface area contributed by atoms with Crippen LogP contribution in [0.25, 0.3) is 0 Å². The van der Waals surface area contributed by atoms with Crippen LogP contribution in [0.15, 0.2) is 12.4 Å². The van der Waals surface area contributed by atoms with Crippen LogP contribution in [0.4, 0.5) is 0 Å². The molecule has 0 aromatic carbocycles. The van der Waals surface area contributed by atoms with E-state index >= 15 is 0 Å². The van der Waals surface area contributed by atoms with E-state index in [0.717, 1.165) is 25.8 Å². The maximum atomic E-state index is 12.8. The van der Waals surface area contributed by atoms with Gasteiger partial charge in [0.15, 0.2) is 0 Å². The first-order valence-electron chi connectivity index (χ1n) is 8.25. The number of amides is 1. The maximum Gasteiger partial charge on any atom is 0.257 e. The summed E-state index contributed by atoms with van der Waals surface area (Å²) >= 11 is 0. The van der Waals surface area contributed by atoms with Crippen molar-refractivity contribution in [2.24, 2.45) is 0 Å². The van der Waals surface area contributed by atoms with Gasteiger partial charge in [0.1, 0.15) is 0 Å². The van der Waals surface area contributed by atoms with Crippen LogP contribution >= 0.6 is 0 Å². The van der Waals surface area contributed by atoms with E-state index in [1.807, 2.05) is 15.8 Å². The molecule has 1 aromatic rings. The van der Waals surface area contributed by atoms with Gasteiger partial charge in [-0.2, -0.15) is 5.10 Å². The number of hydrogen-bond acceptors (Lipinski definition) is 3. The highest BCUT2D eigenvalue weighted by Crippen LogP contribution is 2.31. The van der Waals surface area contributed by atoms with E-state index in [0.29, 0.717) is 18.0 Å². The smallest absolute Gasteiger partial charge is 0.257 e. The lowest BCUT2D eigenvalue weighted by Gasteiger charge is -2.29. The highest BCUT2D eigenvalue weighted by molar-refractivity contribution is 5.94. The highest BCUT2D eigenvalue weighted by atomic mass is 16.3. The highest BCUT2D eigenvalue weighted by Gasteiger charge is 2.28. The zero-order chi connectivity index (χ0) is 14.7. The molecule has 1 amide bonds. The molecule has 3 rings (SSSR count). The van der Waals surface area contributed by atoms with E-state index in [-0.39, 0.29) is 18.6 Å². The molecule has 0 bridgehead atoms. The average Bonchev–Trinajstić information content (AvgIpc) is 2.77. The summed E-state index contributed by atoms with van der Waals surface area (Å²) in [6, 6.07) is 0.668. The van der Waals surface area contributed by atoms with Crippen molar-refractivity contribution in [3.63, 3.8) is 0 Å². The van der Waals surface area contributed by atoms with Gasteiger partial charge in [-0.1, -0.05) is 12.8 Å². The number of carbonyl (C=O) groups excluding carboxylic acids is 1. The molecule has 1 atom stereocenters. The van der Waals surface area contributed by atoms with Crippen molar-refractivity contribution in [3.05, 3.63) is 18.0 Å². The van der Waals surface area contributed by atoms with E-state index in [2.05, 4.69) is 5.10 Å². The summed E-state index contributed by atoms with van der Waals surface area (Å²) in [7, 11) is 0. The molecule has 1 aliphatic carbocycles. The molecule has 1 unspecified atom stereocenters. The Hall–Kier alpha value is -1.36. The van der Waals surface area contributed by atoms with Crippen LogP contribution < -0.4 is 0 Å². The lowest BCUT2D eigenvalue weighted by Crippen LogP contribution is -2.40. The second-order valence-corrected chi connectivity index (χ2v) is 6.31. The summed E-state index contributed by atoms with van der Waals surface area (Å²) in [6.45, 7) is 0.952. The van der Waals surface area contributed by atoms with Crippen molar-refractivity contribution in [2.75, 3.05) is 13.2 Å². The molecule has 0 radical (unpaired) electrons. The fourth-order valence-electron chi connectivity index (χ4n) is 3.36. The molecule has 2 aliphatic rings. The van der Waals surface area contributed by atoms with Crippen molar-refractivity contribution in [1.29, 1.82) is 0 Å². The molecule has 5 heteroatoms. The van der Waals surface area contributed by atoms with Crippen molar-refractivity contribution >= 4 is 5.91 Å². The number of aromatic nitrogens is 2. The quantitative estimate of drug-likeness (QED) is 0.926. The summed E-state index contributed by atoms with van der Waals surface area (Å²) in [5, 5.41) is 13.6. The summed E-state index contributed by atoms with van der Waals surface area (Å²) in [6.07, 6.45) is 12.3. The van der Waals surface area contributed by atoms with Gasteiger partial charge in [0.05, 0.1) is 17.8 Å². The Morgan fingerprint density at radius 2 is 2.10 bits per heavy atom.